The van der Waals surface area contributed by atoms with Crippen molar-refractivity contribution in [3.8, 4) is 0 Å². The van der Waals surface area contributed by atoms with Crippen LogP contribution in [-0.2, 0) is 0 Å². The summed E-state index contributed by atoms with van der Waals surface area (Å²) < 4.78 is 0. The molecule has 2 aliphatic rings. The first-order chi connectivity index (χ1) is 8.81. The molecule has 1 aromatic heterocycles. The van der Waals surface area contributed by atoms with Gasteiger partial charge in [-0.2, -0.15) is 5.10 Å². The topological polar surface area (TPSA) is 44.3 Å². The van der Waals surface area contributed by atoms with Gasteiger partial charge in [-0.1, -0.05) is 0 Å². The van der Waals surface area contributed by atoms with Gasteiger partial charge in [0.25, 0.3) is 0 Å². The van der Waals surface area contributed by atoms with Crippen molar-refractivity contribution in [3.05, 3.63) is 23.5 Å². The maximum absolute atomic E-state index is 4.63. The van der Waals surface area contributed by atoms with Gasteiger partial charge in [-0.15, -0.1) is 0 Å². The van der Waals surface area contributed by atoms with Crippen LogP contribution in [-0.4, -0.2) is 33.9 Å². The number of H-pyrrole nitrogens is 1. The van der Waals surface area contributed by atoms with Gasteiger partial charge in [0, 0.05) is 36.3 Å². The SMILES string of the molecule is Cc1cc(N=C2C=C(N3CCCC3)CCC2)n[nH]1. The molecule has 96 valence electrons. The van der Waals surface area contributed by atoms with Crippen molar-refractivity contribution in [2.75, 3.05) is 13.1 Å². The lowest BCUT2D eigenvalue weighted by Gasteiger charge is -2.24. The van der Waals surface area contributed by atoms with Crippen molar-refractivity contribution in [2.24, 2.45) is 4.99 Å². The van der Waals surface area contributed by atoms with E-state index in [-0.39, 0.29) is 0 Å². The number of aliphatic imine (C=N–C) groups is 1. The van der Waals surface area contributed by atoms with Gasteiger partial charge in [-0.3, -0.25) is 5.10 Å². The number of hydrogen-bond acceptors (Lipinski definition) is 3. The molecule has 1 saturated heterocycles. The van der Waals surface area contributed by atoms with Gasteiger partial charge in [0.05, 0.1) is 0 Å². The van der Waals surface area contributed by atoms with E-state index in [4.69, 9.17) is 0 Å². The first kappa shape index (κ1) is 11.5. The van der Waals surface area contributed by atoms with Crippen molar-refractivity contribution < 1.29 is 0 Å². The molecule has 1 aliphatic carbocycles. The Morgan fingerprint density at radius 2 is 2.06 bits per heavy atom. The molecular formula is C14H20N4. The van der Waals surface area contributed by atoms with Gasteiger partial charge in [0.1, 0.15) is 0 Å². The predicted octanol–water partition coefficient (Wildman–Crippen LogP) is 2.95. The van der Waals surface area contributed by atoms with Gasteiger partial charge in [-0.05, 0) is 45.1 Å². The second-order valence-corrected chi connectivity index (χ2v) is 5.20. The summed E-state index contributed by atoms with van der Waals surface area (Å²) in [5, 5.41) is 7.11. The number of aryl methyl sites for hydroxylation is 1. The smallest absolute Gasteiger partial charge is 0.174 e. The average Bonchev–Trinajstić information content (AvgIpc) is 3.01. The van der Waals surface area contributed by atoms with Crippen LogP contribution in [0.4, 0.5) is 5.82 Å². The summed E-state index contributed by atoms with van der Waals surface area (Å²) in [5.74, 6) is 0.807. The molecule has 4 heteroatoms. The largest absolute Gasteiger partial charge is 0.375 e. The molecule has 1 fully saturated rings. The fourth-order valence-corrected chi connectivity index (χ4v) is 2.74. The molecule has 0 radical (unpaired) electrons. The predicted molar refractivity (Wildman–Crippen MR) is 73.2 cm³/mol. The lowest BCUT2D eigenvalue weighted by molar-refractivity contribution is 0.404. The third-order valence-electron chi connectivity index (χ3n) is 3.66. The molecule has 0 saturated carbocycles. The Bertz CT molecular complexity index is 478. The summed E-state index contributed by atoms with van der Waals surface area (Å²) in [6.45, 7) is 4.45. The zero-order chi connectivity index (χ0) is 12.4. The second kappa shape index (κ2) is 4.96. The van der Waals surface area contributed by atoms with Crippen LogP contribution in [0.2, 0.25) is 0 Å². The molecule has 0 atom stereocenters. The lowest BCUT2D eigenvalue weighted by Crippen LogP contribution is -2.21. The molecular weight excluding hydrogens is 224 g/mol. The van der Waals surface area contributed by atoms with E-state index in [2.05, 4.69) is 26.2 Å². The van der Waals surface area contributed by atoms with Crippen LogP contribution in [0.1, 0.15) is 37.8 Å². The molecule has 2 heterocycles. The van der Waals surface area contributed by atoms with E-state index >= 15 is 0 Å². The fraction of sp³-hybridized carbons (Fsp3) is 0.571. The summed E-state index contributed by atoms with van der Waals surface area (Å²) in [4.78, 5) is 7.15. The Balaban J connectivity index is 1.79. The fourth-order valence-electron chi connectivity index (χ4n) is 2.74. The molecule has 1 aliphatic heterocycles. The van der Waals surface area contributed by atoms with E-state index in [9.17, 15) is 0 Å². The highest BCUT2D eigenvalue weighted by atomic mass is 15.2. The van der Waals surface area contributed by atoms with E-state index in [1.165, 1.54) is 50.2 Å². The lowest BCUT2D eigenvalue weighted by atomic mass is 10.0. The Labute approximate surface area is 108 Å². The number of nitrogens with zero attached hydrogens (tertiary/aromatic N) is 3. The first-order valence-electron chi connectivity index (χ1n) is 6.86. The third kappa shape index (κ3) is 2.47. The molecule has 0 amide bonds. The van der Waals surface area contributed by atoms with Crippen LogP contribution in [0.15, 0.2) is 22.8 Å². The van der Waals surface area contributed by atoms with Crippen molar-refractivity contribution in [3.63, 3.8) is 0 Å². The van der Waals surface area contributed by atoms with E-state index in [0.717, 1.165) is 17.9 Å². The maximum atomic E-state index is 4.63. The average molecular weight is 244 g/mol. The monoisotopic (exact) mass is 244 g/mol. The zero-order valence-electron chi connectivity index (χ0n) is 10.9. The quantitative estimate of drug-likeness (QED) is 0.869. The Kier molecular flexibility index (Phi) is 3.17. The highest BCUT2D eigenvalue weighted by Gasteiger charge is 2.18. The van der Waals surface area contributed by atoms with Crippen molar-refractivity contribution in [1.82, 2.24) is 15.1 Å². The second-order valence-electron chi connectivity index (χ2n) is 5.20. The molecule has 1 N–H and O–H groups in total. The minimum Gasteiger partial charge on any atom is -0.375 e. The highest BCUT2D eigenvalue weighted by Crippen LogP contribution is 2.24. The van der Waals surface area contributed by atoms with E-state index in [0.29, 0.717) is 0 Å². The van der Waals surface area contributed by atoms with E-state index < -0.39 is 0 Å². The van der Waals surface area contributed by atoms with Crippen LogP contribution >= 0.6 is 0 Å². The van der Waals surface area contributed by atoms with Crippen molar-refractivity contribution in [1.29, 1.82) is 0 Å². The van der Waals surface area contributed by atoms with E-state index in [1.54, 1.807) is 0 Å². The maximum Gasteiger partial charge on any atom is 0.174 e. The number of likely N-dealkylation sites (tertiary alicyclic amines) is 1. The van der Waals surface area contributed by atoms with Gasteiger partial charge < -0.3 is 4.90 Å². The van der Waals surface area contributed by atoms with E-state index in [1.807, 2.05) is 13.0 Å². The number of rotatable bonds is 2. The molecule has 18 heavy (non-hydrogen) atoms. The molecule has 1 aromatic rings. The van der Waals surface area contributed by atoms with Gasteiger partial charge >= 0.3 is 0 Å². The number of aromatic amines is 1. The van der Waals surface area contributed by atoms with Crippen molar-refractivity contribution in [2.45, 2.75) is 39.0 Å². The summed E-state index contributed by atoms with van der Waals surface area (Å²) >= 11 is 0. The van der Waals surface area contributed by atoms with Crippen LogP contribution < -0.4 is 0 Å². The minimum atomic E-state index is 0.807. The van der Waals surface area contributed by atoms with Crippen molar-refractivity contribution >= 4 is 11.5 Å². The minimum absolute atomic E-state index is 0.807. The zero-order valence-corrected chi connectivity index (χ0v) is 10.9. The van der Waals surface area contributed by atoms with Crippen LogP contribution in [0, 0.1) is 6.92 Å². The summed E-state index contributed by atoms with van der Waals surface area (Å²) in [5.41, 5.74) is 3.72. The number of allylic oxidation sites excluding steroid dienone is 2. The number of hydrogen-bond donors (Lipinski definition) is 1. The van der Waals surface area contributed by atoms with Crippen LogP contribution in [0.3, 0.4) is 0 Å². The summed E-state index contributed by atoms with van der Waals surface area (Å²) in [6, 6.07) is 1.99. The van der Waals surface area contributed by atoms with Gasteiger partial charge in [0.15, 0.2) is 5.82 Å². The molecule has 0 unspecified atom stereocenters. The molecule has 4 nitrogen and oxygen atoms in total. The standard InChI is InChI=1S/C14H20N4/c1-11-9-14(17-16-11)15-12-5-4-6-13(10-12)18-7-2-3-8-18/h9-10H,2-8H2,1H3,(H,16,17). The Hall–Kier alpha value is -1.58. The Morgan fingerprint density at radius 3 is 2.78 bits per heavy atom. The van der Waals surface area contributed by atoms with Gasteiger partial charge in [-0.25, -0.2) is 4.99 Å². The Morgan fingerprint density at radius 1 is 1.22 bits per heavy atom. The molecule has 3 rings (SSSR count). The molecule has 0 bridgehead atoms. The van der Waals surface area contributed by atoms with Crippen LogP contribution in [0.5, 0.6) is 0 Å². The summed E-state index contributed by atoms with van der Waals surface area (Å²) in [7, 11) is 0. The van der Waals surface area contributed by atoms with Crippen LogP contribution in [0.25, 0.3) is 0 Å². The highest BCUT2D eigenvalue weighted by molar-refractivity contribution is 5.97. The number of nitrogens with one attached hydrogen (secondary N) is 1. The molecule has 0 aromatic carbocycles. The third-order valence-corrected chi connectivity index (χ3v) is 3.66. The first-order valence-corrected chi connectivity index (χ1v) is 6.86. The molecule has 0 spiro atoms. The summed E-state index contributed by atoms with van der Waals surface area (Å²) in [6.07, 6.45) is 8.44. The number of aromatic nitrogens is 2. The van der Waals surface area contributed by atoms with Gasteiger partial charge in [0.2, 0.25) is 0 Å². The normalized spacial score (nSPS) is 22.6.